The summed E-state index contributed by atoms with van der Waals surface area (Å²) in [5.74, 6) is 1.39. The third-order valence-electron chi connectivity index (χ3n) is 5.73. The zero-order chi connectivity index (χ0) is 17.5. The van der Waals surface area contributed by atoms with Gasteiger partial charge in [-0.2, -0.15) is 10.1 Å². The van der Waals surface area contributed by atoms with E-state index in [0.29, 0.717) is 5.95 Å². The van der Waals surface area contributed by atoms with Gasteiger partial charge in [0.15, 0.2) is 5.65 Å². The lowest BCUT2D eigenvalue weighted by Gasteiger charge is -2.10. The van der Waals surface area contributed by atoms with Crippen LogP contribution in [-0.2, 0) is 5.54 Å². The summed E-state index contributed by atoms with van der Waals surface area (Å²) in [6.45, 7) is 4.07. The third kappa shape index (κ3) is 1.85. The predicted molar refractivity (Wildman–Crippen MR) is 98.3 cm³/mol. The molecule has 26 heavy (non-hydrogen) atoms. The van der Waals surface area contributed by atoms with Crippen molar-refractivity contribution in [3.05, 3.63) is 42.0 Å². The number of fused-ring (bicyclic) bond motifs is 3. The minimum absolute atomic E-state index is 0.257. The van der Waals surface area contributed by atoms with Crippen LogP contribution in [0.25, 0.3) is 22.1 Å². The average molecular weight is 343 g/mol. The van der Waals surface area contributed by atoms with Gasteiger partial charge in [-0.3, -0.25) is 9.97 Å². The molecule has 0 saturated heterocycles. The number of hydrogen-bond acceptors (Lipinski definition) is 6. The fraction of sp³-hybridized carbons (Fsp3) is 0.316. The van der Waals surface area contributed by atoms with E-state index in [2.05, 4.69) is 25.0 Å². The normalized spacial score (nSPS) is 23.2. The Morgan fingerprint density at radius 3 is 2.54 bits per heavy atom. The van der Waals surface area contributed by atoms with Gasteiger partial charge in [0, 0.05) is 24.3 Å². The quantitative estimate of drug-likeness (QED) is 0.615. The van der Waals surface area contributed by atoms with E-state index < -0.39 is 0 Å². The molecule has 2 saturated carbocycles. The summed E-state index contributed by atoms with van der Waals surface area (Å²) in [7, 11) is 0. The zero-order valence-corrected chi connectivity index (χ0v) is 14.6. The predicted octanol–water partition coefficient (Wildman–Crippen LogP) is 3.25. The molecular weight excluding hydrogens is 326 g/mol. The molecule has 6 rings (SSSR count). The highest BCUT2D eigenvalue weighted by Gasteiger charge is 2.72. The van der Waals surface area contributed by atoms with Gasteiger partial charge in [0.2, 0.25) is 5.95 Å². The SMILES string of the molecule is Cc1cc2nccnc2cc1Nc1ncc2c(C)nn(C34CC3C4)c2n1. The number of aryl methyl sites for hydroxylation is 2. The maximum Gasteiger partial charge on any atom is 0.229 e. The standard InChI is InChI=1S/C19H17N7/c1-10-5-15-16(21-4-3-20-15)6-14(10)23-18-22-9-13-11(2)25-26(17(13)24-18)19-7-12(19)8-19/h3-6,9,12H,7-8H2,1-2H3,(H,22,23,24). The van der Waals surface area contributed by atoms with Gasteiger partial charge in [0.05, 0.1) is 27.7 Å². The fourth-order valence-corrected chi connectivity index (χ4v) is 3.80. The van der Waals surface area contributed by atoms with Crippen molar-refractivity contribution in [3.63, 3.8) is 0 Å². The molecule has 3 heterocycles. The van der Waals surface area contributed by atoms with Crippen LogP contribution in [0, 0.1) is 19.8 Å². The molecule has 7 nitrogen and oxygen atoms in total. The summed E-state index contributed by atoms with van der Waals surface area (Å²) in [6.07, 6.45) is 7.75. The number of rotatable bonds is 3. The molecule has 7 heteroatoms. The van der Waals surface area contributed by atoms with Crippen molar-refractivity contribution in [3.8, 4) is 0 Å². The van der Waals surface area contributed by atoms with Gasteiger partial charge >= 0.3 is 0 Å². The first-order chi connectivity index (χ1) is 12.6. The molecule has 0 radical (unpaired) electrons. The van der Waals surface area contributed by atoms with Crippen LogP contribution in [0.2, 0.25) is 0 Å². The monoisotopic (exact) mass is 343 g/mol. The van der Waals surface area contributed by atoms with Crippen LogP contribution < -0.4 is 5.32 Å². The smallest absolute Gasteiger partial charge is 0.229 e. The Bertz CT molecular complexity index is 1200. The second kappa shape index (κ2) is 4.55. The highest BCUT2D eigenvalue weighted by atomic mass is 15.4. The van der Waals surface area contributed by atoms with E-state index in [9.17, 15) is 0 Å². The molecule has 0 bridgehead atoms. The molecule has 2 fully saturated rings. The zero-order valence-electron chi connectivity index (χ0n) is 14.6. The Kier molecular flexibility index (Phi) is 2.47. The Morgan fingerprint density at radius 1 is 1.08 bits per heavy atom. The Hall–Kier alpha value is -3.09. The highest BCUT2D eigenvalue weighted by molar-refractivity contribution is 5.83. The second-order valence-corrected chi connectivity index (χ2v) is 7.47. The van der Waals surface area contributed by atoms with Gasteiger partial charge < -0.3 is 5.32 Å². The van der Waals surface area contributed by atoms with Crippen molar-refractivity contribution < 1.29 is 0 Å². The van der Waals surface area contributed by atoms with E-state index >= 15 is 0 Å². The molecule has 0 spiro atoms. The molecule has 2 aliphatic carbocycles. The highest BCUT2D eigenvalue weighted by Crippen LogP contribution is 2.72. The molecular formula is C19H17N7. The number of aromatic nitrogens is 6. The summed E-state index contributed by atoms with van der Waals surface area (Å²) in [5, 5.41) is 9.12. The molecule has 3 aromatic heterocycles. The van der Waals surface area contributed by atoms with E-state index in [4.69, 9.17) is 10.1 Å². The molecule has 1 aromatic carbocycles. The molecule has 0 amide bonds. The first-order valence-corrected chi connectivity index (χ1v) is 8.85. The van der Waals surface area contributed by atoms with Crippen LogP contribution in [0.5, 0.6) is 0 Å². The summed E-state index contributed by atoms with van der Waals surface area (Å²) in [4.78, 5) is 18.0. The lowest BCUT2D eigenvalue weighted by molar-refractivity contribution is 0.540. The molecule has 2 aliphatic rings. The first-order valence-electron chi connectivity index (χ1n) is 8.85. The fourth-order valence-electron chi connectivity index (χ4n) is 3.80. The Balaban J connectivity index is 1.44. The van der Waals surface area contributed by atoms with Gasteiger partial charge in [0.25, 0.3) is 0 Å². The van der Waals surface area contributed by atoms with Crippen molar-refractivity contribution in [2.24, 2.45) is 5.92 Å². The minimum atomic E-state index is 0.257. The molecule has 0 aliphatic heterocycles. The van der Waals surface area contributed by atoms with Crippen molar-refractivity contribution in [1.29, 1.82) is 0 Å². The molecule has 4 aromatic rings. The van der Waals surface area contributed by atoms with Crippen molar-refractivity contribution in [2.75, 3.05) is 5.32 Å². The van der Waals surface area contributed by atoms with Gasteiger partial charge in [0.1, 0.15) is 0 Å². The van der Waals surface area contributed by atoms with Crippen LogP contribution >= 0.6 is 0 Å². The number of nitrogens with one attached hydrogen (secondary N) is 1. The van der Waals surface area contributed by atoms with Gasteiger partial charge in [-0.1, -0.05) is 0 Å². The molecule has 0 atom stereocenters. The summed E-state index contributed by atoms with van der Waals surface area (Å²) >= 11 is 0. The summed E-state index contributed by atoms with van der Waals surface area (Å²) < 4.78 is 2.13. The second-order valence-electron chi connectivity index (χ2n) is 7.47. The molecule has 1 N–H and O–H groups in total. The van der Waals surface area contributed by atoms with Crippen LogP contribution in [0.15, 0.2) is 30.7 Å². The van der Waals surface area contributed by atoms with Gasteiger partial charge in [-0.15, -0.1) is 0 Å². The maximum atomic E-state index is 4.79. The Morgan fingerprint density at radius 2 is 1.81 bits per heavy atom. The third-order valence-corrected chi connectivity index (χ3v) is 5.73. The first kappa shape index (κ1) is 14.1. The minimum Gasteiger partial charge on any atom is -0.324 e. The maximum absolute atomic E-state index is 4.79. The summed E-state index contributed by atoms with van der Waals surface area (Å²) in [6, 6.07) is 4.01. The number of benzene rings is 1. The summed E-state index contributed by atoms with van der Waals surface area (Å²) in [5.41, 5.74) is 5.93. The van der Waals surface area contributed by atoms with Crippen molar-refractivity contribution >= 4 is 33.7 Å². The van der Waals surface area contributed by atoms with E-state index in [1.165, 1.54) is 12.8 Å². The number of hydrogen-bond donors (Lipinski definition) is 1. The van der Waals surface area contributed by atoms with E-state index in [-0.39, 0.29) is 5.54 Å². The van der Waals surface area contributed by atoms with Crippen molar-refractivity contribution in [2.45, 2.75) is 32.2 Å². The van der Waals surface area contributed by atoms with Crippen LogP contribution in [0.3, 0.4) is 0 Å². The number of anilines is 2. The van der Waals surface area contributed by atoms with Crippen LogP contribution in [0.1, 0.15) is 24.1 Å². The van der Waals surface area contributed by atoms with Gasteiger partial charge in [-0.25, -0.2) is 9.67 Å². The van der Waals surface area contributed by atoms with Gasteiger partial charge in [-0.05, 0) is 50.3 Å². The topological polar surface area (TPSA) is 81.4 Å². The van der Waals surface area contributed by atoms with Crippen LogP contribution in [0.4, 0.5) is 11.6 Å². The lowest BCUT2D eigenvalue weighted by atomic mass is 10.1. The largest absolute Gasteiger partial charge is 0.324 e. The van der Waals surface area contributed by atoms with Crippen molar-refractivity contribution in [1.82, 2.24) is 29.7 Å². The average Bonchev–Trinajstić information content (AvgIpc) is 3.48. The number of nitrogens with zero attached hydrogens (tertiary/aromatic N) is 6. The van der Waals surface area contributed by atoms with E-state index in [0.717, 1.165) is 44.9 Å². The Labute approximate surface area is 149 Å². The van der Waals surface area contributed by atoms with Crippen LogP contribution in [-0.4, -0.2) is 29.7 Å². The van der Waals surface area contributed by atoms with E-state index in [1.54, 1.807) is 12.4 Å². The lowest BCUT2D eigenvalue weighted by Crippen LogP contribution is -2.10. The molecule has 128 valence electrons. The van der Waals surface area contributed by atoms with E-state index in [1.807, 2.05) is 32.2 Å². The molecule has 0 unspecified atom stereocenters.